The van der Waals surface area contributed by atoms with Crippen molar-refractivity contribution in [3.05, 3.63) is 71.8 Å². The van der Waals surface area contributed by atoms with Gasteiger partial charge in [-0.15, -0.1) is 0 Å². The number of hydrogen-bond donors (Lipinski definition) is 12. The number of rotatable bonds is 38. The highest BCUT2D eigenvalue weighted by molar-refractivity contribution is 7.80. The van der Waals surface area contributed by atoms with Crippen molar-refractivity contribution in [2.75, 3.05) is 18.8 Å². The van der Waals surface area contributed by atoms with Crippen LogP contribution in [-0.2, 0) is 70.3 Å². The van der Waals surface area contributed by atoms with Crippen molar-refractivity contribution in [3.8, 4) is 0 Å². The number of amides is 6. The number of thiol groups is 1. The maximum absolute atomic E-state index is 14.1. The quantitative estimate of drug-likeness (QED) is 0.0188. The molecule has 7 atom stereocenters. The predicted molar refractivity (Wildman–Crippen MR) is 261 cm³/mol. The van der Waals surface area contributed by atoms with Gasteiger partial charge in [0.2, 0.25) is 23.6 Å². The Morgan fingerprint density at radius 3 is 1.75 bits per heavy atom. The van der Waals surface area contributed by atoms with Gasteiger partial charge < -0.3 is 62.8 Å². The summed E-state index contributed by atoms with van der Waals surface area (Å²) >= 11 is 3.91. The lowest BCUT2D eigenvalue weighted by Gasteiger charge is -2.23. The molecule has 12 N–H and O–H groups in total. The van der Waals surface area contributed by atoms with E-state index in [1.54, 1.807) is 60.7 Å². The van der Waals surface area contributed by atoms with Crippen LogP contribution < -0.4 is 37.6 Å². The van der Waals surface area contributed by atoms with Gasteiger partial charge in [0.05, 0.1) is 30.8 Å². The number of Topliss-reactive ketones (excluding diaryl/α,β-unsaturated/α-hetero) is 2. The molecule has 6 amide bonds. The number of ketones is 2. The topological polar surface area (TPSA) is 393 Å². The predicted octanol–water partition coefficient (Wildman–Crippen LogP) is 0.488. The fraction of sp³-hybridized carbons (Fsp3) is 0.500. The molecule has 25 heteroatoms. The summed E-state index contributed by atoms with van der Waals surface area (Å²) in [7, 11) is 0. The Bertz CT molecular complexity index is 2190. The van der Waals surface area contributed by atoms with Gasteiger partial charge in [-0.1, -0.05) is 73.5 Å². The molecule has 0 fully saturated rings. The van der Waals surface area contributed by atoms with Crippen molar-refractivity contribution < 1.29 is 82.7 Å². The number of aliphatic carboxylic acids is 4. The number of ether oxygens (including phenoxy) is 1. The number of hydrogen-bond acceptors (Lipinski definition) is 15. The lowest BCUT2D eigenvalue weighted by atomic mass is 9.89. The summed E-state index contributed by atoms with van der Waals surface area (Å²) in [6, 6.07) is 11.0. The number of carbonyl (C=O) groups is 12. The van der Waals surface area contributed by atoms with E-state index in [-0.39, 0.29) is 63.7 Å². The molecule has 0 aromatic heterocycles. The van der Waals surface area contributed by atoms with E-state index in [0.717, 1.165) is 5.56 Å². The first kappa shape index (κ1) is 61.7. The normalized spacial score (nSPS) is 13.7. The maximum Gasteiger partial charge on any atom is 0.326 e. The van der Waals surface area contributed by atoms with Gasteiger partial charge >= 0.3 is 29.9 Å². The smallest absolute Gasteiger partial charge is 0.326 e. The lowest BCUT2D eigenvalue weighted by molar-refractivity contribution is -0.144. The molecule has 0 aliphatic carbocycles. The first-order valence-corrected chi connectivity index (χ1v) is 24.0. The summed E-state index contributed by atoms with van der Waals surface area (Å²) in [5.41, 5.74) is 7.48. The highest BCUT2D eigenvalue weighted by Crippen LogP contribution is 2.17. The third kappa shape index (κ3) is 26.0. The van der Waals surface area contributed by atoms with E-state index in [0.29, 0.717) is 31.2 Å². The number of benzene rings is 2. The molecule has 0 saturated heterocycles. The molecule has 0 aliphatic rings. The largest absolute Gasteiger partial charge is 0.481 e. The number of urea groups is 1. The van der Waals surface area contributed by atoms with Crippen LogP contribution in [-0.4, -0.2) is 141 Å². The summed E-state index contributed by atoms with van der Waals surface area (Å²) < 4.78 is 4.61. The molecule has 0 heterocycles. The highest BCUT2D eigenvalue weighted by atomic mass is 32.1. The zero-order chi connectivity index (χ0) is 54.3. The van der Waals surface area contributed by atoms with Crippen molar-refractivity contribution in [1.82, 2.24) is 31.9 Å². The number of carbonyl (C=O) groups excluding carboxylic acids is 8. The monoisotopic (exact) mass is 1040 g/mol. The molecule has 0 saturated carbocycles. The highest BCUT2D eigenvalue weighted by Gasteiger charge is 2.32. The van der Waals surface area contributed by atoms with Crippen LogP contribution in [0.1, 0.15) is 88.2 Å². The van der Waals surface area contributed by atoms with Gasteiger partial charge in [0.15, 0.2) is 17.8 Å². The van der Waals surface area contributed by atoms with Crippen LogP contribution in [0.25, 0.3) is 0 Å². The zero-order valence-corrected chi connectivity index (χ0v) is 40.9. The molecular formula is C48H65N7O17S. The van der Waals surface area contributed by atoms with Crippen LogP contribution in [0.15, 0.2) is 60.7 Å². The van der Waals surface area contributed by atoms with Crippen LogP contribution >= 0.6 is 12.6 Å². The van der Waals surface area contributed by atoms with E-state index in [2.05, 4.69) is 49.3 Å². The van der Waals surface area contributed by atoms with Crippen molar-refractivity contribution in [3.63, 3.8) is 0 Å². The van der Waals surface area contributed by atoms with Gasteiger partial charge in [0.1, 0.15) is 12.1 Å². The Morgan fingerprint density at radius 1 is 0.575 bits per heavy atom. The van der Waals surface area contributed by atoms with Crippen molar-refractivity contribution in [2.45, 2.75) is 120 Å². The minimum atomic E-state index is -1.61. The lowest BCUT2D eigenvalue weighted by Crippen LogP contribution is -2.53. The molecule has 24 nitrogen and oxygen atoms in total. The zero-order valence-electron chi connectivity index (χ0n) is 40.0. The molecule has 2 rings (SSSR count). The van der Waals surface area contributed by atoms with E-state index < -0.39 is 133 Å². The summed E-state index contributed by atoms with van der Waals surface area (Å²) in [6.45, 7) is -0.254. The van der Waals surface area contributed by atoms with E-state index >= 15 is 0 Å². The SMILES string of the molecule is N[C@@H](CNC(=O)[C@@H](CC(=O)[C@H](Cc1ccccc1)NC(=O)CCCCCCNC(=O)CC[C@H](NC(=O)N[C@@H](CCC(=O)O)OC=O)C(=O)O)Cc1ccccc1)C(=O)N[C@@H](CC(=O)O)C(=O)CC(CS)C(=O)O. The van der Waals surface area contributed by atoms with Gasteiger partial charge in [0.25, 0.3) is 6.47 Å². The van der Waals surface area contributed by atoms with Crippen LogP contribution in [0.4, 0.5) is 4.79 Å². The van der Waals surface area contributed by atoms with E-state index in [9.17, 15) is 72.9 Å². The second-order valence-electron chi connectivity index (χ2n) is 17.0. The minimum Gasteiger partial charge on any atom is -0.481 e. The maximum atomic E-state index is 14.1. The van der Waals surface area contributed by atoms with Gasteiger partial charge in [-0.25, -0.2) is 9.59 Å². The average Bonchev–Trinajstić information content (AvgIpc) is 3.34. The number of nitrogens with one attached hydrogen (secondary N) is 6. The minimum absolute atomic E-state index is 0.000102. The van der Waals surface area contributed by atoms with Crippen LogP contribution in [0.3, 0.4) is 0 Å². The first-order chi connectivity index (χ1) is 34.7. The molecule has 2 aromatic carbocycles. The summed E-state index contributed by atoms with van der Waals surface area (Å²) in [6.07, 6.45) is -2.06. The van der Waals surface area contributed by atoms with Crippen LogP contribution in [0, 0.1) is 11.8 Å². The number of carboxylic acid groups (broad SMARTS) is 4. The average molecular weight is 1040 g/mol. The van der Waals surface area contributed by atoms with Crippen molar-refractivity contribution in [2.24, 2.45) is 17.6 Å². The van der Waals surface area contributed by atoms with Crippen molar-refractivity contribution >= 4 is 84.2 Å². The van der Waals surface area contributed by atoms with Gasteiger partial charge in [-0.05, 0) is 43.2 Å². The molecule has 0 spiro atoms. The Balaban J connectivity index is 1.98. The third-order valence-corrected chi connectivity index (χ3v) is 11.6. The molecule has 2 aromatic rings. The van der Waals surface area contributed by atoms with Crippen LogP contribution in [0.2, 0.25) is 0 Å². The molecule has 0 bridgehead atoms. The Morgan fingerprint density at radius 2 is 1.18 bits per heavy atom. The molecule has 0 radical (unpaired) electrons. The fourth-order valence-corrected chi connectivity index (χ4v) is 7.40. The summed E-state index contributed by atoms with van der Waals surface area (Å²) in [4.78, 5) is 148. The van der Waals surface area contributed by atoms with E-state index in [1.807, 2.05) is 0 Å². The molecule has 400 valence electrons. The van der Waals surface area contributed by atoms with Crippen molar-refractivity contribution in [1.29, 1.82) is 0 Å². The standard InChI is InChI=1S/C48H65N7O17S/c49-33(45(66)53-36(25-43(63)64)38(58)24-32(27-73)46(67)68)26-51-44(65)31(21-29-11-5-3-6-12-29)23-37(57)35(22-30-13-7-4-8-14-30)52-40(60)15-9-1-2-10-20-50-39(59)17-16-34(47(69)70)54-48(71)55-41(72-28-56)18-19-42(61)62/h3-8,11-14,28,31-36,41,73H,1-2,9-10,15-27,49H2,(H,50,59)(H,51,65)(H,52,60)(H,53,66)(H,61,62)(H,63,64)(H,67,68)(H,69,70)(H2,54,55,71)/t31-,32?,33+,34+,35+,36+,41-/m1/s1. The van der Waals surface area contributed by atoms with E-state index in [1.165, 1.54) is 0 Å². The Labute approximate surface area is 426 Å². The first-order valence-electron chi connectivity index (χ1n) is 23.4. The van der Waals surface area contributed by atoms with Crippen LogP contribution in [0.5, 0.6) is 0 Å². The molecule has 73 heavy (non-hydrogen) atoms. The Hall–Kier alpha value is -7.41. The number of nitrogens with two attached hydrogens (primary N) is 1. The number of unbranched alkanes of at least 4 members (excludes halogenated alkanes) is 3. The van der Waals surface area contributed by atoms with Gasteiger partial charge in [0, 0.05) is 56.9 Å². The second kappa shape index (κ2) is 34.0. The molecule has 1 unspecified atom stereocenters. The summed E-state index contributed by atoms with van der Waals surface area (Å²) in [5, 5.41) is 51.5. The fourth-order valence-electron chi connectivity index (χ4n) is 7.12. The summed E-state index contributed by atoms with van der Waals surface area (Å²) in [5.74, 6) is -11.8. The number of carboxylic acids is 4. The second-order valence-corrected chi connectivity index (χ2v) is 17.3. The van der Waals surface area contributed by atoms with Gasteiger partial charge in [-0.3, -0.25) is 47.9 Å². The van der Waals surface area contributed by atoms with Gasteiger partial charge in [-0.2, -0.15) is 12.6 Å². The van der Waals surface area contributed by atoms with E-state index in [4.69, 9.17) is 10.8 Å². The Kier molecular flexibility index (Phi) is 28.8. The molecular weight excluding hydrogens is 979 g/mol. The molecule has 0 aliphatic heterocycles. The third-order valence-electron chi connectivity index (χ3n) is 11.1.